The van der Waals surface area contributed by atoms with E-state index in [0.29, 0.717) is 55.5 Å². The predicted molar refractivity (Wildman–Crippen MR) is 110 cm³/mol. The molecule has 8 nitrogen and oxygen atoms in total. The van der Waals surface area contributed by atoms with Gasteiger partial charge in [-0.1, -0.05) is 6.92 Å². The summed E-state index contributed by atoms with van der Waals surface area (Å²) >= 11 is 0. The molecule has 0 bridgehead atoms. The number of pyridine rings is 1. The van der Waals surface area contributed by atoms with Crippen molar-refractivity contribution in [3.05, 3.63) is 50.8 Å². The Hall–Kier alpha value is -2.95. The molecule has 2 aliphatic rings. The van der Waals surface area contributed by atoms with Gasteiger partial charge in [0.25, 0.3) is 5.78 Å². The smallest absolute Gasteiger partial charge is 0.380 e. The summed E-state index contributed by atoms with van der Waals surface area (Å²) < 4.78 is 47.6. The lowest BCUT2D eigenvalue weighted by atomic mass is 9.89. The van der Waals surface area contributed by atoms with Gasteiger partial charge in [-0.2, -0.15) is 18.2 Å². The van der Waals surface area contributed by atoms with Crippen LogP contribution in [0, 0.1) is 19.3 Å². The van der Waals surface area contributed by atoms with Gasteiger partial charge in [0.15, 0.2) is 0 Å². The molecule has 0 aromatic carbocycles. The maximum Gasteiger partial charge on any atom is 0.417 e. The molecule has 0 spiro atoms. The normalized spacial score (nSPS) is 18.0. The fourth-order valence-corrected chi connectivity index (χ4v) is 4.35. The fraction of sp³-hybridized carbons (Fsp3) is 0.524. The average molecular weight is 448 g/mol. The van der Waals surface area contributed by atoms with Crippen molar-refractivity contribution in [3.8, 4) is 0 Å². The monoisotopic (exact) mass is 448 g/mol. The first kappa shape index (κ1) is 20.9. The molecule has 0 atom stereocenters. The van der Waals surface area contributed by atoms with E-state index in [0.717, 1.165) is 17.8 Å². The first-order valence-corrected chi connectivity index (χ1v) is 10.4. The Bertz CT molecular complexity index is 1280. The topological polar surface area (TPSA) is 77.6 Å². The number of aromatic nitrogens is 5. The quantitative estimate of drug-likeness (QED) is 0.613. The van der Waals surface area contributed by atoms with Gasteiger partial charge in [-0.3, -0.25) is 4.98 Å². The maximum absolute atomic E-state index is 13.1. The van der Waals surface area contributed by atoms with E-state index >= 15 is 0 Å². The lowest BCUT2D eigenvalue weighted by Gasteiger charge is -2.37. The first-order valence-electron chi connectivity index (χ1n) is 10.4. The number of anilines is 1. The summed E-state index contributed by atoms with van der Waals surface area (Å²) in [4.78, 5) is 23.6. The van der Waals surface area contributed by atoms with E-state index in [1.54, 1.807) is 0 Å². The van der Waals surface area contributed by atoms with E-state index in [9.17, 15) is 18.0 Å². The summed E-state index contributed by atoms with van der Waals surface area (Å²) in [7, 11) is 0. The Morgan fingerprint density at radius 3 is 2.66 bits per heavy atom. The fourth-order valence-electron chi connectivity index (χ4n) is 4.35. The van der Waals surface area contributed by atoms with Crippen LogP contribution in [0.15, 0.2) is 17.1 Å². The van der Waals surface area contributed by atoms with Gasteiger partial charge >= 0.3 is 11.9 Å². The molecule has 5 rings (SSSR count). The summed E-state index contributed by atoms with van der Waals surface area (Å²) in [5, 5.41) is 4.44. The minimum absolute atomic E-state index is 0.132. The van der Waals surface area contributed by atoms with Crippen LogP contribution in [0.1, 0.15) is 35.0 Å². The second kappa shape index (κ2) is 7.03. The molecule has 0 amide bonds. The van der Waals surface area contributed by atoms with Crippen molar-refractivity contribution >= 4 is 11.6 Å². The van der Waals surface area contributed by atoms with Gasteiger partial charge in [-0.15, -0.1) is 5.10 Å². The molecule has 1 saturated heterocycles. The molecule has 0 N–H and O–H groups in total. The number of ether oxygens (including phenoxy) is 1. The third kappa shape index (κ3) is 3.35. The molecule has 0 unspecified atom stereocenters. The Kier molecular flexibility index (Phi) is 4.59. The molecule has 3 aromatic rings. The number of halogens is 3. The Balaban J connectivity index is 1.52. The van der Waals surface area contributed by atoms with Crippen molar-refractivity contribution in [2.24, 2.45) is 5.41 Å². The Morgan fingerprint density at radius 1 is 1.25 bits per heavy atom. The van der Waals surface area contributed by atoms with Crippen LogP contribution in [0.2, 0.25) is 0 Å². The molecular weight excluding hydrogens is 425 g/mol. The highest BCUT2D eigenvalue weighted by Crippen LogP contribution is 2.33. The number of aryl methyl sites for hydroxylation is 1. The van der Waals surface area contributed by atoms with Gasteiger partial charge in [0, 0.05) is 48.1 Å². The SMILES string of the molecule is Cc1c(N2CCc3ncc(C(F)(F)F)cc3C2)nc2nn(CC3(C)COC3)c(=O)n2c1C. The minimum atomic E-state index is -4.44. The van der Waals surface area contributed by atoms with Crippen molar-refractivity contribution in [1.29, 1.82) is 0 Å². The van der Waals surface area contributed by atoms with Crippen molar-refractivity contribution in [3.63, 3.8) is 0 Å². The molecule has 32 heavy (non-hydrogen) atoms. The van der Waals surface area contributed by atoms with Crippen molar-refractivity contribution in [1.82, 2.24) is 24.1 Å². The number of rotatable bonds is 3. The Morgan fingerprint density at radius 2 is 2.00 bits per heavy atom. The van der Waals surface area contributed by atoms with Crippen molar-refractivity contribution in [2.45, 2.75) is 46.5 Å². The van der Waals surface area contributed by atoms with E-state index < -0.39 is 11.7 Å². The number of hydrogen-bond donors (Lipinski definition) is 0. The molecule has 0 aliphatic carbocycles. The van der Waals surface area contributed by atoms with Crippen LogP contribution in [0.3, 0.4) is 0 Å². The highest BCUT2D eigenvalue weighted by Gasteiger charge is 2.36. The second-order valence-corrected chi connectivity index (χ2v) is 9.02. The average Bonchev–Trinajstić information content (AvgIpc) is 3.03. The van der Waals surface area contributed by atoms with E-state index in [1.165, 1.54) is 9.08 Å². The standard InChI is InChI=1S/C21H23F3N6O2/c1-12-13(2)30-18(27-29(19(30)31)9-20(3)10-32-11-20)26-17(12)28-5-4-16-14(8-28)6-15(7-25-16)21(22,23)24/h6-7H,4-5,8-11H2,1-3H3. The summed E-state index contributed by atoms with van der Waals surface area (Å²) in [5.41, 5.74) is 1.56. The zero-order valence-corrected chi connectivity index (χ0v) is 18.0. The predicted octanol–water partition coefficient (Wildman–Crippen LogP) is 2.52. The third-order valence-corrected chi connectivity index (χ3v) is 6.34. The molecular formula is C21H23F3N6O2. The van der Waals surface area contributed by atoms with Crippen LogP contribution in [0.25, 0.3) is 5.78 Å². The minimum Gasteiger partial charge on any atom is -0.380 e. The number of alkyl halides is 3. The lowest BCUT2D eigenvalue weighted by molar-refractivity contribution is -0.137. The zero-order chi connectivity index (χ0) is 22.8. The van der Waals surface area contributed by atoms with Crippen LogP contribution in [-0.2, 0) is 30.4 Å². The molecule has 0 saturated carbocycles. The van der Waals surface area contributed by atoms with Gasteiger partial charge in [-0.25, -0.2) is 13.9 Å². The largest absolute Gasteiger partial charge is 0.417 e. The number of hydrogen-bond acceptors (Lipinski definition) is 6. The highest BCUT2D eigenvalue weighted by molar-refractivity contribution is 5.55. The molecule has 170 valence electrons. The molecule has 3 aromatic heterocycles. The van der Waals surface area contributed by atoms with E-state index in [2.05, 4.69) is 15.1 Å². The van der Waals surface area contributed by atoms with Gasteiger partial charge in [0.1, 0.15) is 5.82 Å². The van der Waals surface area contributed by atoms with E-state index in [-0.39, 0.29) is 23.4 Å². The third-order valence-electron chi connectivity index (χ3n) is 6.34. The highest BCUT2D eigenvalue weighted by atomic mass is 19.4. The summed E-state index contributed by atoms with van der Waals surface area (Å²) in [6, 6.07) is 1.16. The van der Waals surface area contributed by atoms with Gasteiger partial charge in [-0.05, 0) is 25.5 Å². The van der Waals surface area contributed by atoms with Crippen molar-refractivity contribution in [2.75, 3.05) is 24.7 Å². The van der Waals surface area contributed by atoms with Crippen LogP contribution in [-0.4, -0.2) is 43.9 Å². The Labute approximate surface area is 181 Å². The molecule has 2 aliphatic heterocycles. The molecule has 1 fully saturated rings. The van der Waals surface area contributed by atoms with Crippen LogP contribution < -0.4 is 10.6 Å². The van der Waals surface area contributed by atoms with Crippen LogP contribution in [0.5, 0.6) is 0 Å². The molecule has 11 heteroatoms. The van der Waals surface area contributed by atoms with Crippen LogP contribution in [0.4, 0.5) is 19.0 Å². The summed E-state index contributed by atoms with van der Waals surface area (Å²) in [6.07, 6.45) is -3.04. The lowest BCUT2D eigenvalue weighted by Crippen LogP contribution is -2.45. The van der Waals surface area contributed by atoms with Crippen molar-refractivity contribution < 1.29 is 17.9 Å². The summed E-state index contributed by atoms with van der Waals surface area (Å²) in [6.45, 7) is 8.14. The summed E-state index contributed by atoms with van der Waals surface area (Å²) in [5.74, 6) is 0.901. The maximum atomic E-state index is 13.1. The van der Waals surface area contributed by atoms with Gasteiger partial charge < -0.3 is 9.64 Å². The molecule has 0 radical (unpaired) electrons. The zero-order valence-electron chi connectivity index (χ0n) is 18.0. The van der Waals surface area contributed by atoms with Gasteiger partial charge in [0.05, 0.1) is 25.3 Å². The first-order chi connectivity index (χ1) is 15.1. The van der Waals surface area contributed by atoms with E-state index in [4.69, 9.17) is 4.74 Å². The van der Waals surface area contributed by atoms with Crippen LogP contribution >= 0.6 is 0 Å². The van der Waals surface area contributed by atoms with E-state index in [1.807, 2.05) is 25.7 Å². The second-order valence-electron chi connectivity index (χ2n) is 9.02. The van der Waals surface area contributed by atoms with Gasteiger partial charge in [0.2, 0.25) is 0 Å². The number of fused-ring (bicyclic) bond motifs is 2. The molecule has 5 heterocycles. The number of nitrogens with zero attached hydrogens (tertiary/aromatic N) is 6.